The van der Waals surface area contributed by atoms with Crippen LogP contribution in [0.5, 0.6) is 0 Å². The second kappa shape index (κ2) is 10.3. The molecule has 0 aliphatic heterocycles. The van der Waals surface area contributed by atoms with Crippen LogP contribution in [-0.4, -0.2) is 64.9 Å². The zero-order chi connectivity index (χ0) is 15.5. The van der Waals surface area contributed by atoms with E-state index in [0.29, 0.717) is 19.6 Å². The van der Waals surface area contributed by atoms with Crippen molar-refractivity contribution in [1.82, 2.24) is 10.6 Å². The third kappa shape index (κ3) is 9.45. The Labute approximate surface area is 119 Å². The van der Waals surface area contributed by atoms with Gasteiger partial charge < -0.3 is 20.5 Å². The van der Waals surface area contributed by atoms with Gasteiger partial charge in [0.1, 0.15) is 11.8 Å². The summed E-state index contributed by atoms with van der Waals surface area (Å²) in [7, 11) is -0.117. The third-order valence-corrected chi connectivity index (χ3v) is 3.46. The van der Waals surface area contributed by atoms with Gasteiger partial charge in [-0.05, 0) is 6.42 Å². The Morgan fingerprint density at radius 3 is 2.50 bits per heavy atom. The number of amides is 2. The quantitative estimate of drug-likeness (QED) is 0.421. The molecular weight excluding hydrogens is 288 g/mol. The molecule has 8 nitrogen and oxygen atoms in total. The lowest BCUT2D eigenvalue weighted by Crippen LogP contribution is -2.44. The molecule has 9 heteroatoms. The third-order valence-electron chi connectivity index (χ3n) is 2.17. The fourth-order valence-electron chi connectivity index (χ4n) is 1.31. The predicted molar refractivity (Wildman–Crippen MR) is 72.6 cm³/mol. The number of carbonyl (C=O) groups excluding carboxylic acids is 2. The molecule has 0 rings (SSSR count). The van der Waals surface area contributed by atoms with Gasteiger partial charge in [0.15, 0.2) is 0 Å². The summed E-state index contributed by atoms with van der Waals surface area (Å²) in [5.41, 5.74) is 0. The molecule has 0 aromatic heterocycles. The molecule has 0 radical (unpaired) electrons. The topological polar surface area (TPSA) is 122 Å². The van der Waals surface area contributed by atoms with E-state index in [0.717, 1.165) is 0 Å². The number of rotatable bonds is 10. The first kappa shape index (κ1) is 18.5. The molecule has 3 N–H and O–H groups in total. The maximum absolute atomic E-state index is 11.6. The molecule has 0 aliphatic rings. The van der Waals surface area contributed by atoms with Crippen molar-refractivity contribution in [2.24, 2.45) is 0 Å². The number of hydrogen-bond donors (Lipinski definition) is 3. The van der Waals surface area contributed by atoms with Crippen molar-refractivity contribution in [2.75, 3.05) is 31.8 Å². The number of carboxylic acids is 1. The van der Waals surface area contributed by atoms with Crippen molar-refractivity contribution in [2.45, 2.75) is 19.4 Å². The number of hydrogen-bond acceptors (Lipinski definition) is 5. The van der Waals surface area contributed by atoms with E-state index in [9.17, 15) is 18.6 Å². The fourth-order valence-corrected chi connectivity index (χ4v) is 2.42. The highest BCUT2D eigenvalue weighted by molar-refractivity contribution is 7.85. The van der Waals surface area contributed by atoms with Crippen LogP contribution >= 0.6 is 0 Å². The maximum Gasteiger partial charge on any atom is 0.327 e. The molecule has 0 aliphatic carbocycles. The minimum Gasteiger partial charge on any atom is -0.480 e. The summed E-state index contributed by atoms with van der Waals surface area (Å²) in [5.74, 6) is -2.84. The van der Waals surface area contributed by atoms with E-state index < -0.39 is 34.6 Å². The molecule has 0 fully saturated rings. The Hall–Kier alpha value is -1.48. The van der Waals surface area contributed by atoms with Crippen LogP contribution in [0.25, 0.3) is 0 Å². The van der Waals surface area contributed by atoms with Gasteiger partial charge in [0.05, 0.1) is 5.75 Å². The zero-order valence-corrected chi connectivity index (χ0v) is 12.3. The smallest absolute Gasteiger partial charge is 0.327 e. The first-order valence-corrected chi connectivity index (χ1v) is 7.46. The maximum atomic E-state index is 11.6. The second-order valence-corrected chi connectivity index (χ2v) is 5.54. The SMILES string of the molecule is COCCCNC(=O)CS(=O)CC(NC(C)=O)C(=O)O. The van der Waals surface area contributed by atoms with E-state index in [-0.39, 0.29) is 11.5 Å². The molecular formula is C11H20N2O6S. The number of methoxy groups -OCH3 is 1. The van der Waals surface area contributed by atoms with Crippen LogP contribution in [0.2, 0.25) is 0 Å². The van der Waals surface area contributed by atoms with E-state index in [1.54, 1.807) is 7.11 Å². The van der Waals surface area contributed by atoms with E-state index in [4.69, 9.17) is 9.84 Å². The van der Waals surface area contributed by atoms with Gasteiger partial charge in [-0.15, -0.1) is 0 Å². The number of carbonyl (C=O) groups is 3. The molecule has 2 atom stereocenters. The number of carboxylic acid groups (broad SMARTS) is 1. The number of nitrogens with one attached hydrogen (secondary N) is 2. The standard InChI is InChI=1S/C11H20N2O6S/c1-8(14)13-9(11(16)17)6-20(18)7-10(15)12-4-3-5-19-2/h9H,3-7H2,1-2H3,(H,12,15)(H,13,14)(H,16,17). The zero-order valence-electron chi connectivity index (χ0n) is 11.5. The van der Waals surface area contributed by atoms with Crippen LogP contribution < -0.4 is 10.6 Å². The highest BCUT2D eigenvalue weighted by atomic mass is 32.2. The van der Waals surface area contributed by atoms with Crippen LogP contribution in [-0.2, 0) is 29.9 Å². The molecule has 0 aromatic carbocycles. The summed E-state index contributed by atoms with van der Waals surface area (Å²) in [6, 6.07) is -1.25. The molecule has 0 saturated heterocycles. The van der Waals surface area contributed by atoms with Crippen molar-refractivity contribution in [1.29, 1.82) is 0 Å². The molecule has 0 aromatic rings. The molecule has 116 valence electrons. The number of aliphatic carboxylic acids is 1. The molecule has 0 spiro atoms. The fraction of sp³-hybridized carbons (Fsp3) is 0.727. The Balaban J connectivity index is 4.09. The largest absolute Gasteiger partial charge is 0.480 e. The van der Waals surface area contributed by atoms with E-state index in [1.807, 2.05) is 0 Å². The normalized spacial score (nSPS) is 13.3. The average Bonchev–Trinajstić information content (AvgIpc) is 2.33. The van der Waals surface area contributed by atoms with Gasteiger partial charge in [0, 0.05) is 38.0 Å². The Morgan fingerprint density at radius 1 is 1.35 bits per heavy atom. The van der Waals surface area contributed by atoms with Crippen molar-refractivity contribution in [3.05, 3.63) is 0 Å². The highest BCUT2D eigenvalue weighted by Gasteiger charge is 2.22. The average molecular weight is 308 g/mol. The predicted octanol–water partition coefficient (Wildman–Crippen LogP) is -1.52. The molecule has 20 heavy (non-hydrogen) atoms. The summed E-state index contributed by atoms with van der Waals surface area (Å²) in [6.45, 7) is 2.08. The Morgan fingerprint density at radius 2 is 2.00 bits per heavy atom. The highest BCUT2D eigenvalue weighted by Crippen LogP contribution is 1.92. The molecule has 0 saturated carbocycles. The van der Waals surface area contributed by atoms with Crippen LogP contribution in [0.3, 0.4) is 0 Å². The summed E-state index contributed by atoms with van der Waals surface area (Å²) in [5, 5.41) is 13.6. The van der Waals surface area contributed by atoms with Gasteiger partial charge in [-0.3, -0.25) is 13.8 Å². The van der Waals surface area contributed by atoms with E-state index in [1.165, 1.54) is 6.92 Å². The van der Waals surface area contributed by atoms with E-state index >= 15 is 0 Å². The Kier molecular flexibility index (Phi) is 9.56. The van der Waals surface area contributed by atoms with Crippen LogP contribution in [0.15, 0.2) is 0 Å². The molecule has 0 heterocycles. The summed E-state index contributed by atoms with van der Waals surface area (Å²) >= 11 is 0. The van der Waals surface area contributed by atoms with Crippen LogP contribution in [0.4, 0.5) is 0 Å². The lowest BCUT2D eigenvalue weighted by Gasteiger charge is -2.12. The van der Waals surface area contributed by atoms with Crippen LogP contribution in [0, 0.1) is 0 Å². The summed E-state index contributed by atoms with van der Waals surface area (Å²) in [6.07, 6.45) is 0.637. The second-order valence-electron chi connectivity index (χ2n) is 4.04. The first-order valence-electron chi connectivity index (χ1n) is 5.97. The molecule has 0 bridgehead atoms. The van der Waals surface area contributed by atoms with Gasteiger partial charge in [0.25, 0.3) is 0 Å². The van der Waals surface area contributed by atoms with Gasteiger partial charge in [-0.25, -0.2) is 4.79 Å². The van der Waals surface area contributed by atoms with Gasteiger partial charge in [0.2, 0.25) is 11.8 Å². The minimum atomic E-state index is -1.66. The lowest BCUT2D eigenvalue weighted by atomic mass is 10.3. The molecule has 2 amide bonds. The lowest BCUT2D eigenvalue weighted by molar-refractivity contribution is -0.140. The Bertz CT molecular complexity index is 374. The van der Waals surface area contributed by atoms with Crippen molar-refractivity contribution in [3.63, 3.8) is 0 Å². The van der Waals surface area contributed by atoms with Crippen molar-refractivity contribution < 1.29 is 28.4 Å². The van der Waals surface area contributed by atoms with E-state index in [2.05, 4.69) is 10.6 Å². The van der Waals surface area contributed by atoms with Crippen LogP contribution in [0.1, 0.15) is 13.3 Å². The van der Waals surface area contributed by atoms with Gasteiger partial charge in [-0.1, -0.05) is 0 Å². The van der Waals surface area contributed by atoms with Gasteiger partial charge >= 0.3 is 5.97 Å². The first-order chi connectivity index (χ1) is 9.36. The minimum absolute atomic E-state index is 0.295. The van der Waals surface area contributed by atoms with Gasteiger partial charge in [-0.2, -0.15) is 0 Å². The summed E-state index contributed by atoms with van der Waals surface area (Å²) < 4.78 is 16.5. The monoisotopic (exact) mass is 308 g/mol. The molecule has 2 unspecified atom stereocenters. The van der Waals surface area contributed by atoms with Crippen molar-refractivity contribution in [3.8, 4) is 0 Å². The number of ether oxygens (including phenoxy) is 1. The van der Waals surface area contributed by atoms with Crippen molar-refractivity contribution >= 4 is 28.6 Å². The summed E-state index contributed by atoms with van der Waals surface area (Å²) in [4.78, 5) is 33.0.